The minimum atomic E-state index is -0.373. The zero-order valence-corrected chi connectivity index (χ0v) is 9.14. The fourth-order valence-corrected chi connectivity index (χ4v) is 2.08. The van der Waals surface area contributed by atoms with Gasteiger partial charge in [0, 0.05) is 15.6 Å². The van der Waals surface area contributed by atoms with Gasteiger partial charge in [-0.25, -0.2) is 4.99 Å². The van der Waals surface area contributed by atoms with E-state index in [2.05, 4.69) is 4.99 Å². The number of ether oxygens (including phenoxy) is 1. The molecular weight excluding hydrogens is 221 g/mol. The largest absolute Gasteiger partial charge is 0.481 e. The van der Waals surface area contributed by atoms with E-state index >= 15 is 0 Å². The minimum Gasteiger partial charge on any atom is -0.481 e. The van der Waals surface area contributed by atoms with Crippen molar-refractivity contribution in [3.8, 4) is 0 Å². The Morgan fingerprint density at radius 3 is 2.79 bits per heavy atom. The van der Waals surface area contributed by atoms with Gasteiger partial charge in [0.2, 0.25) is 0 Å². The van der Waals surface area contributed by atoms with Crippen LogP contribution in [-0.4, -0.2) is 13.0 Å². The molecule has 2 rings (SSSR count). The Balaban J connectivity index is 2.46. The summed E-state index contributed by atoms with van der Waals surface area (Å²) < 4.78 is 5.12. The van der Waals surface area contributed by atoms with Crippen LogP contribution in [0.5, 0.6) is 0 Å². The topological polar surface area (TPSA) is 21.6 Å². The summed E-state index contributed by atoms with van der Waals surface area (Å²) in [4.78, 5) is 4.25. The number of benzene rings is 1. The van der Waals surface area contributed by atoms with Crippen LogP contribution < -0.4 is 0 Å². The van der Waals surface area contributed by atoms with Crippen molar-refractivity contribution >= 4 is 29.6 Å². The molecule has 0 aromatic heterocycles. The quantitative estimate of drug-likeness (QED) is 0.725. The zero-order valence-electron chi connectivity index (χ0n) is 7.63. The molecular formula is C10H9Cl2NO. The van der Waals surface area contributed by atoms with Gasteiger partial charge in [0.1, 0.15) is 12.1 Å². The van der Waals surface area contributed by atoms with Crippen molar-refractivity contribution in [2.24, 2.45) is 4.99 Å². The number of hydrogen-bond acceptors (Lipinski definition) is 2. The summed E-state index contributed by atoms with van der Waals surface area (Å²) in [7, 11) is 0. The van der Waals surface area contributed by atoms with Crippen LogP contribution >= 0.6 is 23.2 Å². The molecule has 0 spiro atoms. The van der Waals surface area contributed by atoms with Gasteiger partial charge in [-0.05, 0) is 19.1 Å². The van der Waals surface area contributed by atoms with E-state index in [1.54, 1.807) is 6.07 Å². The molecule has 1 unspecified atom stereocenters. The number of aliphatic imine (C=N–C) groups is 1. The SMILES string of the molecule is CC1(c2ccc(Cl)cc2Cl)COC=N1. The molecule has 14 heavy (non-hydrogen) atoms. The van der Waals surface area contributed by atoms with E-state index in [0.717, 1.165) is 5.56 Å². The summed E-state index contributed by atoms with van der Waals surface area (Å²) in [6.45, 7) is 2.50. The molecule has 1 atom stereocenters. The fourth-order valence-electron chi connectivity index (χ4n) is 1.46. The van der Waals surface area contributed by atoms with Crippen LogP contribution in [0.1, 0.15) is 12.5 Å². The molecule has 1 heterocycles. The molecule has 1 aliphatic rings. The van der Waals surface area contributed by atoms with Gasteiger partial charge in [-0.3, -0.25) is 0 Å². The van der Waals surface area contributed by atoms with Gasteiger partial charge in [-0.15, -0.1) is 0 Å². The lowest BCUT2D eigenvalue weighted by Gasteiger charge is -2.20. The highest BCUT2D eigenvalue weighted by Gasteiger charge is 2.31. The van der Waals surface area contributed by atoms with E-state index in [9.17, 15) is 0 Å². The van der Waals surface area contributed by atoms with Crippen molar-refractivity contribution in [1.29, 1.82) is 0 Å². The number of hydrogen-bond donors (Lipinski definition) is 0. The van der Waals surface area contributed by atoms with Crippen LogP contribution in [0.3, 0.4) is 0 Å². The van der Waals surface area contributed by atoms with Crippen LogP contribution in [-0.2, 0) is 10.3 Å². The van der Waals surface area contributed by atoms with E-state index in [-0.39, 0.29) is 5.54 Å². The lowest BCUT2D eigenvalue weighted by Crippen LogP contribution is -2.21. The molecule has 0 radical (unpaired) electrons. The Labute approximate surface area is 92.5 Å². The molecule has 1 aromatic carbocycles. The first-order chi connectivity index (χ1) is 6.62. The third-order valence-electron chi connectivity index (χ3n) is 2.29. The van der Waals surface area contributed by atoms with Crippen molar-refractivity contribution in [3.63, 3.8) is 0 Å². The normalized spacial score (nSPS) is 25.1. The van der Waals surface area contributed by atoms with Crippen molar-refractivity contribution in [2.45, 2.75) is 12.5 Å². The van der Waals surface area contributed by atoms with E-state index in [0.29, 0.717) is 16.7 Å². The first kappa shape index (κ1) is 9.81. The Kier molecular flexibility index (Phi) is 2.41. The van der Waals surface area contributed by atoms with E-state index in [4.69, 9.17) is 27.9 Å². The Morgan fingerprint density at radius 1 is 1.43 bits per heavy atom. The lowest BCUT2D eigenvalue weighted by molar-refractivity contribution is 0.276. The fraction of sp³-hybridized carbons (Fsp3) is 0.300. The molecule has 0 aliphatic carbocycles. The van der Waals surface area contributed by atoms with Crippen molar-refractivity contribution in [3.05, 3.63) is 33.8 Å². The highest BCUT2D eigenvalue weighted by atomic mass is 35.5. The summed E-state index contributed by atoms with van der Waals surface area (Å²) >= 11 is 11.9. The van der Waals surface area contributed by atoms with Gasteiger partial charge in [0.05, 0.1) is 0 Å². The van der Waals surface area contributed by atoms with Gasteiger partial charge in [-0.2, -0.15) is 0 Å². The van der Waals surface area contributed by atoms with E-state index in [1.165, 1.54) is 6.40 Å². The third kappa shape index (κ3) is 1.60. The summed E-state index contributed by atoms with van der Waals surface area (Å²) in [5.41, 5.74) is 0.569. The van der Waals surface area contributed by atoms with E-state index < -0.39 is 0 Å². The number of rotatable bonds is 1. The Bertz CT molecular complexity index is 392. The standard InChI is InChI=1S/C10H9Cl2NO/c1-10(5-14-6-13-10)8-3-2-7(11)4-9(8)12/h2-4,6H,5H2,1H3. The zero-order chi connectivity index (χ0) is 10.2. The number of halogens is 2. The van der Waals surface area contributed by atoms with Gasteiger partial charge in [0.15, 0.2) is 6.40 Å². The highest BCUT2D eigenvalue weighted by molar-refractivity contribution is 6.35. The molecule has 2 nitrogen and oxygen atoms in total. The van der Waals surface area contributed by atoms with Crippen LogP contribution in [0.25, 0.3) is 0 Å². The average Bonchev–Trinajstić information content (AvgIpc) is 2.52. The molecule has 0 amide bonds. The number of nitrogens with zero attached hydrogens (tertiary/aromatic N) is 1. The highest BCUT2D eigenvalue weighted by Crippen LogP contribution is 2.34. The molecule has 74 valence electrons. The molecule has 0 bridgehead atoms. The van der Waals surface area contributed by atoms with Crippen molar-refractivity contribution < 1.29 is 4.74 Å². The minimum absolute atomic E-state index is 0.373. The van der Waals surface area contributed by atoms with Gasteiger partial charge in [0.25, 0.3) is 0 Å². The van der Waals surface area contributed by atoms with Gasteiger partial charge in [-0.1, -0.05) is 29.3 Å². The third-order valence-corrected chi connectivity index (χ3v) is 2.84. The molecule has 0 N–H and O–H groups in total. The summed E-state index contributed by atoms with van der Waals surface area (Å²) in [6, 6.07) is 5.41. The molecule has 1 aliphatic heterocycles. The van der Waals surface area contributed by atoms with Gasteiger partial charge < -0.3 is 4.74 Å². The summed E-state index contributed by atoms with van der Waals surface area (Å²) in [5.74, 6) is 0. The smallest absolute Gasteiger partial charge is 0.170 e. The predicted octanol–water partition coefficient (Wildman–Crippen LogP) is 3.27. The van der Waals surface area contributed by atoms with E-state index in [1.807, 2.05) is 19.1 Å². The monoisotopic (exact) mass is 229 g/mol. The van der Waals surface area contributed by atoms with Crippen LogP contribution in [0.4, 0.5) is 0 Å². The van der Waals surface area contributed by atoms with Crippen LogP contribution in [0.15, 0.2) is 23.2 Å². The summed E-state index contributed by atoms with van der Waals surface area (Å²) in [6.07, 6.45) is 1.46. The Hall–Kier alpha value is -0.730. The molecule has 0 saturated carbocycles. The van der Waals surface area contributed by atoms with Crippen LogP contribution in [0.2, 0.25) is 10.0 Å². The molecule has 1 aromatic rings. The van der Waals surface area contributed by atoms with Crippen molar-refractivity contribution in [2.75, 3.05) is 6.61 Å². The second kappa shape index (κ2) is 3.44. The summed E-state index contributed by atoms with van der Waals surface area (Å²) in [5, 5.41) is 1.26. The van der Waals surface area contributed by atoms with Crippen molar-refractivity contribution in [1.82, 2.24) is 0 Å². The molecule has 0 saturated heterocycles. The maximum Gasteiger partial charge on any atom is 0.170 e. The molecule has 0 fully saturated rings. The second-order valence-corrected chi connectivity index (χ2v) is 4.29. The van der Waals surface area contributed by atoms with Gasteiger partial charge >= 0.3 is 0 Å². The average molecular weight is 230 g/mol. The second-order valence-electron chi connectivity index (χ2n) is 3.44. The molecule has 4 heteroatoms. The maximum atomic E-state index is 6.09. The first-order valence-electron chi connectivity index (χ1n) is 4.23. The van der Waals surface area contributed by atoms with Crippen LogP contribution in [0, 0.1) is 0 Å². The first-order valence-corrected chi connectivity index (χ1v) is 4.98. The maximum absolute atomic E-state index is 6.09. The lowest BCUT2D eigenvalue weighted by atomic mass is 9.94. The Morgan fingerprint density at radius 2 is 2.21 bits per heavy atom. The predicted molar refractivity (Wildman–Crippen MR) is 58.3 cm³/mol.